The summed E-state index contributed by atoms with van der Waals surface area (Å²) in [5, 5.41) is 2.65. The second kappa shape index (κ2) is 11.2. The molecule has 0 saturated carbocycles. The maximum Gasteiger partial charge on any atom is 0.407 e. The van der Waals surface area contributed by atoms with Gasteiger partial charge < -0.3 is 19.7 Å². The molecule has 7 heteroatoms. The molecule has 1 saturated heterocycles. The Morgan fingerprint density at radius 3 is 2.70 bits per heavy atom. The summed E-state index contributed by atoms with van der Waals surface area (Å²) in [5.74, 6) is -0.449. The average molecular weight is 376 g/mol. The fourth-order valence-corrected chi connectivity index (χ4v) is 3.02. The van der Waals surface area contributed by atoms with E-state index in [2.05, 4.69) is 5.32 Å². The molecule has 27 heavy (non-hydrogen) atoms. The van der Waals surface area contributed by atoms with Gasteiger partial charge in [0.2, 0.25) is 5.91 Å². The van der Waals surface area contributed by atoms with E-state index < -0.39 is 6.09 Å². The summed E-state index contributed by atoms with van der Waals surface area (Å²) >= 11 is 0. The van der Waals surface area contributed by atoms with Crippen molar-refractivity contribution in [2.45, 2.75) is 39.2 Å². The number of esters is 1. The minimum atomic E-state index is -0.494. The summed E-state index contributed by atoms with van der Waals surface area (Å²) in [7, 11) is 0. The SMILES string of the molecule is CCOC(=O)C1CCCN(C(=O)CCCNC(=O)OCc2ccccc2)C1. The van der Waals surface area contributed by atoms with Crippen LogP contribution in [-0.2, 0) is 25.7 Å². The Kier molecular flexibility index (Phi) is 8.61. The van der Waals surface area contributed by atoms with E-state index >= 15 is 0 Å². The van der Waals surface area contributed by atoms with Crippen molar-refractivity contribution in [2.75, 3.05) is 26.2 Å². The summed E-state index contributed by atoms with van der Waals surface area (Å²) in [6, 6.07) is 9.44. The third-order valence-electron chi connectivity index (χ3n) is 4.44. The molecule has 0 radical (unpaired) electrons. The third kappa shape index (κ3) is 7.29. The van der Waals surface area contributed by atoms with Gasteiger partial charge in [0.15, 0.2) is 0 Å². The van der Waals surface area contributed by atoms with E-state index in [9.17, 15) is 14.4 Å². The molecule has 1 aliphatic rings. The summed E-state index contributed by atoms with van der Waals surface area (Å²) in [6.07, 6.45) is 1.93. The van der Waals surface area contributed by atoms with Crippen molar-refractivity contribution >= 4 is 18.0 Å². The highest BCUT2D eigenvalue weighted by molar-refractivity contribution is 5.78. The standard InChI is InChI=1S/C20H28N2O5/c1-2-26-19(24)17-10-7-13-22(14-17)18(23)11-6-12-21-20(25)27-15-16-8-4-3-5-9-16/h3-5,8-9,17H,2,6-7,10-15H2,1H3,(H,21,25). The van der Waals surface area contributed by atoms with Gasteiger partial charge >= 0.3 is 12.1 Å². The number of alkyl carbamates (subject to hydrolysis) is 1. The molecule has 0 bridgehead atoms. The van der Waals surface area contributed by atoms with Crippen LogP contribution in [0.5, 0.6) is 0 Å². The topological polar surface area (TPSA) is 84.9 Å². The van der Waals surface area contributed by atoms with Crippen LogP contribution in [-0.4, -0.2) is 49.1 Å². The van der Waals surface area contributed by atoms with Crippen LogP contribution in [0.4, 0.5) is 4.79 Å². The quantitative estimate of drug-likeness (QED) is 0.557. The van der Waals surface area contributed by atoms with Gasteiger partial charge in [-0.2, -0.15) is 0 Å². The Hall–Kier alpha value is -2.57. The predicted molar refractivity (Wildman–Crippen MR) is 99.8 cm³/mol. The molecule has 7 nitrogen and oxygen atoms in total. The molecule has 1 fully saturated rings. The molecule has 1 unspecified atom stereocenters. The number of benzene rings is 1. The van der Waals surface area contributed by atoms with Crippen molar-refractivity contribution in [3.8, 4) is 0 Å². The number of hydrogen-bond donors (Lipinski definition) is 1. The van der Waals surface area contributed by atoms with Crippen molar-refractivity contribution in [3.63, 3.8) is 0 Å². The number of carbonyl (C=O) groups is 3. The van der Waals surface area contributed by atoms with Crippen LogP contribution in [0.1, 0.15) is 38.2 Å². The monoisotopic (exact) mass is 376 g/mol. The van der Waals surface area contributed by atoms with Gasteiger partial charge in [-0.15, -0.1) is 0 Å². The third-order valence-corrected chi connectivity index (χ3v) is 4.44. The summed E-state index contributed by atoms with van der Waals surface area (Å²) < 4.78 is 10.2. The first-order valence-corrected chi connectivity index (χ1v) is 9.49. The Bertz CT molecular complexity index is 620. The molecule has 0 spiro atoms. The number of nitrogens with zero attached hydrogens (tertiary/aromatic N) is 1. The Morgan fingerprint density at radius 1 is 1.19 bits per heavy atom. The zero-order valence-electron chi connectivity index (χ0n) is 15.8. The van der Waals surface area contributed by atoms with E-state index in [0.717, 1.165) is 18.4 Å². The van der Waals surface area contributed by atoms with E-state index in [0.29, 0.717) is 39.1 Å². The van der Waals surface area contributed by atoms with Gasteiger partial charge in [-0.05, 0) is 31.7 Å². The van der Waals surface area contributed by atoms with Crippen molar-refractivity contribution in [3.05, 3.63) is 35.9 Å². The van der Waals surface area contributed by atoms with Crippen LogP contribution in [0.25, 0.3) is 0 Å². The largest absolute Gasteiger partial charge is 0.466 e. The lowest BCUT2D eigenvalue weighted by Crippen LogP contribution is -2.43. The van der Waals surface area contributed by atoms with Crippen LogP contribution in [0.3, 0.4) is 0 Å². The van der Waals surface area contributed by atoms with E-state index in [-0.39, 0.29) is 24.4 Å². The Balaban J connectivity index is 1.61. The number of rotatable bonds is 8. The molecule has 0 aromatic heterocycles. The lowest BCUT2D eigenvalue weighted by atomic mass is 9.98. The number of likely N-dealkylation sites (tertiary alicyclic amines) is 1. The van der Waals surface area contributed by atoms with Crippen LogP contribution < -0.4 is 5.32 Å². The van der Waals surface area contributed by atoms with Gasteiger partial charge in [-0.1, -0.05) is 30.3 Å². The van der Waals surface area contributed by atoms with Crippen LogP contribution >= 0.6 is 0 Å². The molecule has 1 heterocycles. The second-order valence-corrected chi connectivity index (χ2v) is 6.52. The number of hydrogen-bond acceptors (Lipinski definition) is 5. The number of amides is 2. The maximum absolute atomic E-state index is 12.3. The van der Waals surface area contributed by atoms with Gasteiger partial charge in [0.1, 0.15) is 6.61 Å². The van der Waals surface area contributed by atoms with Gasteiger partial charge in [0, 0.05) is 26.1 Å². The normalized spacial score (nSPS) is 16.5. The first kappa shape index (κ1) is 20.7. The van der Waals surface area contributed by atoms with Gasteiger partial charge in [0.05, 0.1) is 12.5 Å². The molecule has 1 atom stereocenters. The first-order valence-electron chi connectivity index (χ1n) is 9.49. The smallest absolute Gasteiger partial charge is 0.407 e. The van der Waals surface area contributed by atoms with Crippen molar-refractivity contribution in [2.24, 2.45) is 5.92 Å². The molecule has 148 valence electrons. The van der Waals surface area contributed by atoms with E-state index in [1.54, 1.807) is 11.8 Å². The van der Waals surface area contributed by atoms with Crippen LogP contribution in [0, 0.1) is 5.92 Å². The number of ether oxygens (including phenoxy) is 2. The summed E-state index contributed by atoms with van der Waals surface area (Å²) in [4.78, 5) is 37.5. The second-order valence-electron chi connectivity index (χ2n) is 6.52. The average Bonchev–Trinajstić information content (AvgIpc) is 2.70. The highest BCUT2D eigenvalue weighted by atomic mass is 16.5. The minimum absolute atomic E-state index is 0.00320. The zero-order chi connectivity index (χ0) is 19.5. The predicted octanol–water partition coefficient (Wildman–Crippen LogP) is 2.49. The van der Waals surface area contributed by atoms with Crippen LogP contribution in [0.15, 0.2) is 30.3 Å². The summed E-state index contributed by atoms with van der Waals surface area (Å²) in [5.41, 5.74) is 0.920. The molecule has 2 amide bonds. The number of carbonyl (C=O) groups excluding carboxylic acids is 3. The molecule has 0 aliphatic carbocycles. The molecule has 1 N–H and O–H groups in total. The lowest BCUT2D eigenvalue weighted by molar-refractivity contribution is -0.151. The van der Waals surface area contributed by atoms with E-state index in [4.69, 9.17) is 9.47 Å². The Labute approximate surface area is 160 Å². The highest BCUT2D eigenvalue weighted by Crippen LogP contribution is 2.18. The van der Waals surface area contributed by atoms with Crippen molar-refractivity contribution in [1.82, 2.24) is 10.2 Å². The fraction of sp³-hybridized carbons (Fsp3) is 0.550. The maximum atomic E-state index is 12.3. The first-order chi connectivity index (χ1) is 13.1. The van der Waals surface area contributed by atoms with E-state index in [1.807, 2.05) is 30.3 Å². The van der Waals surface area contributed by atoms with Crippen molar-refractivity contribution in [1.29, 1.82) is 0 Å². The highest BCUT2D eigenvalue weighted by Gasteiger charge is 2.28. The lowest BCUT2D eigenvalue weighted by Gasteiger charge is -2.31. The van der Waals surface area contributed by atoms with Crippen LogP contribution in [0.2, 0.25) is 0 Å². The molecule has 2 rings (SSSR count). The van der Waals surface area contributed by atoms with Gasteiger partial charge in [0.25, 0.3) is 0 Å². The van der Waals surface area contributed by atoms with Gasteiger partial charge in [-0.25, -0.2) is 4.79 Å². The molecule has 1 aromatic rings. The minimum Gasteiger partial charge on any atom is -0.466 e. The molecular weight excluding hydrogens is 348 g/mol. The molecular formula is C20H28N2O5. The van der Waals surface area contributed by atoms with Gasteiger partial charge in [-0.3, -0.25) is 9.59 Å². The number of piperidine rings is 1. The number of nitrogens with one attached hydrogen (secondary N) is 1. The molecule has 1 aliphatic heterocycles. The fourth-order valence-electron chi connectivity index (χ4n) is 3.02. The van der Waals surface area contributed by atoms with E-state index in [1.165, 1.54) is 0 Å². The van der Waals surface area contributed by atoms with Crippen molar-refractivity contribution < 1.29 is 23.9 Å². The molecule has 1 aromatic carbocycles. The zero-order valence-corrected chi connectivity index (χ0v) is 15.8. The Morgan fingerprint density at radius 2 is 1.96 bits per heavy atom. The summed E-state index contributed by atoms with van der Waals surface area (Å²) in [6.45, 7) is 3.81.